The molecule has 2 unspecified atom stereocenters. The molecule has 3 saturated carbocycles. The van der Waals surface area contributed by atoms with E-state index in [1.165, 1.54) is 48.3 Å². The maximum Gasteiger partial charge on any atom is 0.270 e. The highest BCUT2D eigenvalue weighted by molar-refractivity contribution is 7.22. The topological polar surface area (TPSA) is 235 Å². The number of aryl methyl sites for hydroxylation is 2. The van der Waals surface area contributed by atoms with Crippen LogP contribution in [0.15, 0.2) is 72.4 Å². The minimum Gasteiger partial charge on any atom is -0.493 e. The quantitative estimate of drug-likeness (QED) is 0.0354. The monoisotopic (exact) mass is 1260 g/mol. The van der Waals surface area contributed by atoms with Crippen molar-refractivity contribution in [3.63, 3.8) is 0 Å². The number of halogens is 1. The Labute approximate surface area is 534 Å². The first kappa shape index (κ1) is 64.1. The van der Waals surface area contributed by atoms with Gasteiger partial charge in [-0.15, -0.1) is 21.5 Å². The maximum atomic E-state index is 14.8. The van der Waals surface area contributed by atoms with Crippen LogP contribution in [-0.2, 0) is 27.5 Å². The molecule has 4 aliphatic rings. The van der Waals surface area contributed by atoms with Gasteiger partial charge in [-0.1, -0.05) is 83.1 Å². The van der Waals surface area contributed by atoms with Crippen LogP contribution in [0, 0.1) is 49.4 Å². The van der Waals surface area contributed by atoms with Crippen molar-refractivity contribution in [1.82, 2.24) is 55.8 Å². The summed E-state index contributed by atoms with van der Waals surface area (Å²) in [5.41, 5.74) is 6.41. The summed E-state index contributed by atoms with van der Waals surface area (Å²) < 4.78 is 24.5. The van der Waals surface area contributed by atoms with E-state index in [-0.39, 0.29) is 43.7 Å². The van der Waals surface area contributed by atoms with Gasteiger partial charge in [0.1, 0.15) is 29.3 Å². The summed E-state index contributed by atoms with van der Waals surface area (Å²) in [6.07, 6.45) is 11.8. The van der Waals surface area contributed by atoms with Crippen molar-refractivity contribution in [2.24, 2.45) is 28.6 Å². The number of unbranched alkanes of at least 4 members (excludes halogenated alkanes) is 3. The minimum absolute atomic E-state index is 0.0126. The molecule has 1 saturated heterocycles. The molecule has 4 fully saturated rings. The van der Waals surface area contributed by atoms with E-state index >= 15 is 0 Å². The second kappa shape index (κ2) is 26.8. The predicted octanol–water partition coefficient (Wildman–Crippen LogP) is 12.1. The van der Waals surface area contributed by atoms with Crippen molar-refractivity contribution in [3.05, 3.63) is 101 Å². The van der Waals surface area contributed by atoms with Crippen LogP contribution in [0.5, 0.6) is 5.75 Å². The molecule has 6 heterocycles. The van der Waals surface area contributed by atoms with Crippen molar-refractivity contribution in [3.8, 4) is 27.3 Å². The molecule has 0 radical (unpaired) electrons. The molecule has 7 aromatic rings. The van der Waals surface area contributed by atoms with E-state index in [2.05, 4.69) is 61.9 Å². The average Bonchev–Trinajstić information content (AvgIpc) is 1.45. The highest BCUT2D eigenvalue weighted by Crippen LogP contribution is 2.53. The summed E-state index contributed by atoms with van der Waals surface area (Å²) in [5.74, 6) is 2.47. The van der Waals surface area contributed by atoms with Gasteiger partial charge in [0, 0.05) is 62.0 Å². The molecular formula is C68H86FN13O6S2. The molecule has 4 amide bonds. The molecule has 11 rings (SSSR count). The number of rotatable bonds is 24. The molecule has 2 bridgehead atoms. The van der Waals surface area contributed by atoms with Crippen molar-refractivity contribution in [2.75, 3.05) is 37.0 Å². The molecule has 2 aromatic carbocycles. The molecule has 19 nitrogen and oxygen atoms in total. The van der Waals surface area contributed by atoms with Crippen LogP contribution in [0.4, 0.5) is 27.0 Å². The molecule has 1 aliphatic heterocycles. The molecule has 5 N–H and O–H groups in total. The number of thiazole rings is 2. The van der Waals surface area contributed by atoms with Crippen molar-refractivity contribution >= 4 is 79.1 Å². The number of nitrogens with one attached hydrogen (secondary N) is 4. The van der Waals surface area contributed by atoms with Gasteiger partial charge in [-0.2, -0.15) is 5.10 Å². The van der Waals surface area contributed by atoms with Crippen LogP contribution in [0.1, 0.15) is 151 Å². The van der Waals surface area contributed by atoms with E-state index in [0.717, 1.165) is 110 Å². The number of β-amino-alcohol motifs (C(OH)–C–C–N with tert-alkyl or cyclic N) is 1. The number of benzene rings is 2. The molecule has 3 aliphatic carbocycles. The first-order valence-electron chi connectivity index (χ1n) is 32.0. The smallest absolute Gasteiger partial charge is 0.270 e. The first-order chi connectivity index (χ1) is 43.1. The summed E-state index contributed by atoms with van der Waals surface area (Å²) in [6.45, 7) is 17.8. The van der Waals surface area contributed by atoms with E-state index in [1.807, 2.05) is 92.7 Å². The highest BCUT2D eigenvalue weighted by Gasteiger charge is 2.53. The Morgan fingerprint density at radius 2 is 1.67 bits per heavy atom. The molecule has 478 valence electrons. The van der Waals surface area contributed by atoms with Crippen LogP contribution >= 0.6 is 22.7 Å². The summed E-state index contributed by atoms with van der Waals surface area (Å²) in [7, 11) is 1.87. The molecule has 90 heavy (non-hydrogen) atoms. The predicted molar refractivity (Wildman–Crippen MR) is 351 cm³/mol. The number of para-hydroxylation sites is 1. The average molecular weight is 1260 g/mol. The summed E-state index contributed by atoms with van der Waals surface area (Å²) in [4.78, 5) is 74.0. The van der Waals surface area contributed by atoms with Gasteiger partial charge in [0.2, 0.25) is 11.8 Å². The van der Waals surface area contributed by atoms with Crippen LogP contribution in [-0.4, -0.2) is 119 Å². The third-order valence-corrected chi connectivity index (χ3v) is 20.9. The Hall–Kier alpha value is -7.43. The zero-order valence-electron chi connectivity index (χ0n) is 53.3. The maximum absolute atomic E-state index is 14.8. The van der Waals surface area contributed by atoms with Gasteiger partial charge in [-0.05, 0) is 161 Å². The number of hydrogen-bond donors (Lipinski definition) is 5. The highest BCUT2D eigenvalue weighted by atomic mass is 32.1. The lowest BCUT2D eigenvalue weighted by Crippen LogP contribution is -2.59. The largest absolute Gasteiger partial charge is 0.493 e. The van der Waals surface area contributed by atoms with Gasteiger partial charge in [0.25, 0.3) is 11.8 Å². The number of aliphatic hydroxyl groups is 1. The number of aliphatic hydroxyl groups excluding tert-OH is 1. The van der Waals surface area contributed by atoms with Crippen molar-refractivity contribution < 1.29 is 33.4 Å². The number of fused-ring (bicyclic) bond motifs is 3. The summed E-state index contributed by atoms with van der Waals surface area (Å²) >= 11 is 3.08. The number of nitrogens with zero attached hydrogens (tertiary/aromatic N) is 9. The normalized spacial score (nSPS) is 21.4. The van der Waals surface area contributed by atoms with Crippen LogP contribution in [0.3, 0.4) is 0 Å². The fourth-order valence-corrected chi connectivity index (χ4v) is 15.5. The molecular weight excluding hydrogens is 1180 g/mol. The second-order valence-electron chi connectivity index (χ2n) is 27.0. The number of carbonyl (C=O) groups is 4. The fourth-order valence-electron chi connectivity index (χ4n) is 13.8. The minimum atomic E-state index is -1.99. The van der Waals surface area contributed by atoms with E-state index in [9.17, 15) is 28.7 Å². The number of aromatic nitrogens is 7. The number of pyridine rings is 1. The van der Waals surface area contributed by atoms with E-state index in [1.54, 1.807) is 37.6 Å². The number of amides is 4. The Morgan fingerprint density at radius 3 is 2.38 bits per heavy atom. The van der Waals surface area contributed by atoms with E-state index in [4.69, 9.17) is 19.8 Å². The van der Waals surface area contributed by atoms with Crippen molar-refractivity contribution in [1.29, 1.82) is 0 Å². The van der Waals surface area contributed by atoms with Gasteiger partial charge in [-0.3, -0.25) is 23.9 Å². The number of hydrogen-bond acceptors (Lipinski definition) is 16. The van der Waals surface area contributed by atoms with Gasteiger partial charge >= 0.3 is 0 Å². The lowest BCUT2D eigenvalue weighted by molar-refractivity contribution is -0.145. The van der Waals surface area contributed by atoms with Crippen LogP contribution in [0.2, 0.25) is 0 Å². The van der Waals surface area contributed by atoms with Gasteiger partial charge in [-0.25, -0.2) is 19.3 Å². The standard InChI is InChI=1S/C68H86FN13O6S2/c1-10-67(33-44-27-40(2)28-45(30-44)34-67)38-82-43(5)50(36-73-82)49-21-22-55(80(9)56-29-41(3)60(79-78-56)77-65-74-51-17-13-14-18-54(51)90-65)75-57(49)62(85)70-25-15-11-12-16-26-88-53-31-46(58-42(4)72-39-89-58)19-20-47(53)35-71-61(84)52-32-48(83)37-81(52)63(86)59(66(6,7)8)76-64(87)68(69)23-24-68/h13-14,17-22,29,31,36,39-40,44-45,48,52,59,83H,10-12,15-16,23-28,30,32-35,37-38H2,1-9H3,(H,70,85)(H,71,84)(H,76,87)(H,74,77,79)/t40?,44?,45?,48-,52+,59-,67?/m1/s1. The van der Waals surface area contributed by atoms with Gasteiger partial charge < -0.3 is 40.9 Å². The molecule has 0 spiro atoms. The van der Waals surface area contributed by atoms with Crippen molar-refractivity contribution in [2.45, 2.75) is 176 Å². The second-order valence-corrected chi connectivity index (χ2v) is 28.9. The fraction of sp³-hybridized carbons (Fsp3) is 0.529. The Kier molecular flexibility index (Phi) is 19.1. The third kappa shape index (κ3) is 14.3. The number of carbonyl (C=O) groups excluding carboxylic acids is 4. The van der Waals surface area contributed by atoms with Gasteiger partial charge in [0.05, 0.1) is 45.2 Å². The zero-order chi connectivity index (χ0) is 63.6. The Balaban J connectivity index is 0.738. The summed E-state index contributed by atoms with van der Waals surface area (Å²) in [5, 5.41) is 37.9. The van der Waals surface area contributed by atoms with E-state index < -0.39 is 47.0 Å². The zero-order valence-corrected chi connectivity index (χ0v) is 55.0. The Bertz CT molecular complexity index is 3710. The van der Waals surface area contributed by atoms with Crippen LogP contribution in [0.25, 0.3) is 31.8 Å². The molecule has 5 aromatic heterocycles. The van der Waals surface area contributed by atoms with Gasteiger partial charge in [0.15, 0.2) is 22.4 Å². The Morgan fingerprint density at radius 1 is 0.900 bits per heavy atom. The summed E-state index contributed by atoms with van der Waals surface area (Å²) in [6, 6.07) is 17.6. The SMILES string of the molecule is CCC1(Cn2ncc(-c3ccc(N(C)c4cc(C)c(Nc5nc6ccccc6s5)nn4)nc3C(=O)NCCCCCCOc3cc(-c4scnc4C)ccc3CNC(=O)[C@@H]3C[C@@H](O)CN3C(=O)[C@@H](NC(=O)C3(F)CC3)C(C)(C)C)c2C)CC2CC(C)CC(C2)C1. The molecule has 5 atom stereocenters. The lowest BCUT2D eigenvalue weighted by atomic mass is 9.58. The number of alkyl halides is 1. The lowest BCUT2D eigenvalue weighted by Gasteiger charge is -2.48. The van der Waals surface area contributed by atoms with Crippen LogP contribution < -0.4 is 30.9 Å². The number of ether oxygens (including phenoxy) is 1. The number of anilines is 4. The third-order valence-electron chi connectivity index (χ3n) is 19.0. The van der Waals surface area contributed by atoms with E-state index in [0.29, 0.717) is 47.6 Å². The first-order valence-corrected chi connectivity index (χ1v) is 33.7. The number of likely N-dealkylation sites (tertiary alicyclic amines) is 1. The molecule has 22 heteroatoms.